The number of nitrogens with one attached hydrogen (secondary N) is 1. The molecule has 1 atom stereocenters. The Labute approximate surface area is 166 Å². The molecule has 8 heteroatoms. The summed E-state index contributed by atoms with van der Waals surface area (Å²) >= 11 is 0. The lowest BCUT2D eigenvalue weighted by Crippen LogP contribution is -2.40. The highest BCUT2D eigenvalue weighted by atomic mass is 19.1. The Hall–Kier alpha value is -3.16. The molecule has 150 valence electrons. The van der Waals surface area contributed by atoms with Crippen LogP contribution in [0.3, 0.4) is 0 Å². The molecule has 0 radical (unpaired) electrons. The first-order valence-electron chi connectivity index (χ1n) is 9.68. The van der Waals surface area contributed by atoms with E-state index >= 15 is 0 Å². The van der Waals surface area contributed by atoms with Crippen LogP contribution in [0.15, 0.2) is 42.5 Å². The third-order valence-electron chi connectivity index (χ3n) is 5.41. The zero-order valence-electron chi connectivity index (χ0n) is 15.8. The second-order valence-corrected chi connectivity index (χ2v) is 7.28. The zero-order valence-corrected chi connectivity index (χ0v) is 15.8. The number of tetrazole rings is 1. The number of rotatable bonds is 5. The van der Waals surface area contributed by atoms with Crippen molar-refractivity contribution in [3.63, 3.8) is 0 Å². The molecule has 2 aromatic carbocycles. The highest BCUT2D eigenvalue weighted by Crippen LogP contribution is 2.27. The van der Waals surface area contributed by atoms with E-state index in [1.54, 1.807) is 18.2 Å². The summed E-state index contributed by atoms with van der Waals surface area (Å²) in [6.45, 7) is 1.22. The summed E-state index contributed by atoms with van der Waals surface area (Å²) in [6, 6.07) is 11.1. The Bertz CT molecular complexity index is 972. The second kappa shape index (κ2) is 8.46. The van der Waals surface area contributed by atoms with Gasteiger partial charge in [0.05, 0.1) is 5.56 Å². The summed E-state index contributed by atoms with van der Waals surface area (Å²) in [5, 5.41) is 13.9. The average molecular weight is 397 g/mol. The van der Waals surface area contributed by atoms with Crippen molar-refractivity contribution in [2.45, 2.75) is 25.7 Å². The van der Waals surface area contributed by atoms with Gasteiger partial charge in [-0.15, -0.1) is 10.2 Å². The number of halogens is 2. The van der Waals surface area contributed by atoms with Gasteiger partial charge in [0, 0.05) is 24.2 Å². The molecule has 0 spiro atoms. The normalized spacial score (nSPS) is 16.8. The van der Waals surface area contributed by atoms with E-state index in [1.165, 1.54) is 18.2 Å². The molecule has 1 saturated heterocycles. The predicted molar refractivity (Wildman–Crippen MR) is 103 cm³/mol. The van der Waals surface area contributed by atoms with Gasteiger partial charge < -0.3 is 4.90 Å². The van der Waals surface area contributed by atoms with Gasteiger partial charge in [0.25, 0.3) is 5.91 Å². The van der Waals surface area contributed by atoms with Gasteiger partial charge in [-0.2, -0.15) is 5.21 Å². The Morgan fingerprint density at radius 1 is 1.14 bits per heavy atom. The largest absolute Gasteiger partial charge is 0.338 e. The summed E-state index contributed by atoms with van der Waals surface area (Å²) in [7, 11) is 0. The molecule has 1 amide bonds. The smallest absolute Gasteiger partial charge is 0.254 e. The van der Waals surface area contributed by atoms with Crippen LogP contribution in [0.25, 0.3) is 11.4 Å². The summed E-state index contributed by atoms with van der Waals surface area (Å²) in [5.74, 6) is -0.542. The average Bonchev–Trinajstić information content (AvgIpc) is 3.28. The van der Waals surface area contributed by atoms with Gasteiger partial charge >= 0.3 is 0 Å². The summed E-state index contributed by atoms with van der Waals surface area (Å²) < 4.78 is 27.8. The van der Waals surface area contributed by atoms with Gasteiger partial charge in [0.15, 0.2) is 0 Å². The van der Waals surface area contributed by atoms with E-state index in [1.807, 2.05) is 11.0 Å². The molecule has 29 heavy (non-hydrogen) atoms. The number of aromatic nitrogens is 4. The van der Waals surface area contributed by atoms with E-state index in [4.69, 9.17) is 0 Å². The number of H-pyrrole nitrogens is 1. The van der Waals surface area contributed by atoms with Gasteiger partial charge in [0.2, 0.25) is 5.82 Å². The molecule has 2 heterocycles. The lowest BCUT2D eigenvalue weighted by atomic mass is 9.91. The molecule has 0 unspecified atom stereocenters. The van der Waals surface area contributed by atoms with E-state index in [2.05, 4.69) is 20.6 Å². The molecule has 4 rings (SSSR count). The fourth-order valence-electron chi connectivity index (χ4n) is 3.92. The first kappa shape index (κ1) is 19.2. The molecule has 1 N–H and O–H groups in total. The molecular formula is C21H21F2N5O. The van der Waals surface area contributed by atoms with Gasteiger partial charge in [-0.05, 0) is 55.0 Å². The van der Waals surface area contributed by atoms with Crippen LogP contribution in [-0.4, -0.2) is 44.5 Å². The van der Waals surface area contributed by atoms with Crippen LogP contribution in [-0.2, 0) is 6.42 Å². The minimum absolute atomic E-state index is 0.0906. The van der Waals surface area contributed by atoms with Gasteiger partial charge in [0.1, 0.15) is 11.6 Å². The van der Waals surface area contributed by atoms with Gasteiger partial charge in [-0.3, -0.25) is 4.79 Å². The lowest BCUT2D eigenvalue weighted by molar-refractivity contribution is 0.0668. The number of nitrogens with zero attached hydrogens (tertiary/aromatic N) is 4. The Balaban J connectivity index is 1.46. The van der Waals surface area contributed by atoms with E-state index < -0.39 is 11.6 Å². The third-order valence-corrected chi connectivity index (χ3v) is 5.41. The fraction of sp³-hybridized carbons (Fsp3) is 0.333. The molecule has 3 aromatic rings. The number of carbonyl (C=O) groups is 1. The van der Waals surface area contributed by atoms with E-state index in [0.717, 1.165) is 12.8 Å². The number of amides is 1. The maximum atomic E-state index is 13.9. The standard InChI is InChI=1S/C21H21F2N5O/c22-18-8-3-9-19(23)17(18)11-10-14-5-4-12-28(13-14)21(29)16-7-2-1-6-15(16)20-24-26-27-25-20/h1-3,6-9,14H,4-5,10-13H2,(H,24,25,26,27)/t14-/m0/s1. The number of aromatic amines is 1. The Kier molecular flexibility index (Phi) is 5.59. The van der Waals surface area contributed by atoms with E-state index in [0.29, 0.717) is 42.9 Å². The van der Waals surface area contributed by atoms with Crippen molar-refractivity contribution in [1.29, 1.82) is 0 Å². The molecule has 6 nitrogen and oxygen atoms in total. The monoisotopic (exact) mass is 397 g/mol. The van der Waals surface area contributed by atoms with Crippen LogP contribution in [0.5, 0.6) is 0 Å². The quantitative estimate of drug-likeness (QED) is 0.713. The maximum Gasteiger partial charge on any atom is 0.254 e. The molecule has 1 fully saturated rings. The predicted octanol–water partition coefficient (Wildman–Crippen LogP) is 3.63. The molecule has 0 bridgehead atoms. The SMILES string of the molecule is O=C(c1ccccc1-c1nn[nH]n1)N1CCC[C@@H](CCc2c(F)cccc2F)C1. The third kappa shape index (κ3) is 4.16. The first-order valence-corrected chi connectivity index (χ1v) is 9.68. The number of hydrogen-bond acceptors (Lipinski definition) is 4. The molecule has 1 aliphatic heterocycles. The van der Waals surface area contributed by atoms with Gasteiger partial charge in [-0.25, -0.2) is 8.78 Å². The Morgan fingerprint density at radius 2 is 1.93 bits per heavy atom. The molecule has 1 aliphatic rings. The maximum absolute atomic E-state index is 13.9. The van der Waals surface area contributed by atoms with Crippen LogP contribution in [0.2, 0.25) is 0 Å². The van der Waals surface area contributed by atoms with Crippen molar-refractivity contribution in [3.8, 4) is 11.4 Å². The fourth-order valence-corrected chi connectivity index (χ4v) is 3.92. The number of benzene rings is 2. The molecule has 0 aliphatic carbocycles. The van der Waals surface area contributed by atoms with Crippen molar-refractivity contribution in [3.05, 3.63) is 65.2 Å². The van der Waals surface area contributed by atoms with Crippen molar-refractivity contribution < 1.29 is 13.6 Å². The number of piperidine rings is 1. The van der Waals surface area contributed by atoms with Crippen molar-refractivity contribution in [1.82, 2.24) is 25.5 Å². The molecule has 0 saturated carbocycles. The van der Waals surface area contributed by atoms with Gasteiger partial charge in [-0.1, -0.05) is 24.3 Å². The Morgan fingerprint density at radius 3 is 2.69 bits per heavy atom. The second-order valence-electron chi connectivity index (χ2n) is 7.28. The zero-order chi connectivity index (χ0) is 20.2. The minimum atomic E-state index is -0.511. The highest BCUT2D eigenvalue weighted by Gasteiger charge is 2.27. The van der Waals surface area contributed by atoms with Crippen LogP contribution in [0.4, 0.5) is 8.78 Å². The first-order chi connectivity index (χ1) is 14.1. The molecular weight excluding hydrogens is 376 g/mol. The summed E-state index contributed by atoms with van der Waals surface area (Å²) in [6.07, 6.45) is 2.76. The van der Waals surface area contributed by atoms with Crippen molar-refractivity contribution in [2.24, 2.45) is 5.92 Å². The van der Waals surface area contributed by atoms with Crippen molar-refractivity contribution >= 4 is 5.91 Å². The van der Waals surface area contributed by atoms with Crippen LogP contribution in [0.1, 0.15) is 35.2 Å². The topological polar surface area (TPSA) is 74.8 Å². The van der Waals surface area contributed by atoms with E-state index in [9.17, 15) is 13.6 Å². The summed E-state index contributed by atoms with van der Waals surface area (Å²) in [5.41, 5.74) is 1.27. The van der Waals surface area contributed by atoms with Crippen LogP contribution in [0, 0.1) is 17.6 Å². The summed E-state index contributed by atoms with van der Waals surface area (Å²) in [4.78, 5) is 15.0. The minimum Gasteiger partial charge on any atom is -0.338 e. The lowest BCUT2D eigenvalue weighted by Gasteiger charge is -2.33. The van der Waals surface area contributed by atoms with Crippen LogP contribution >= 0.6 is 0 Å². The molecule has 1 aromatic heterocycles. The highest BCUT2D eigenvalue weighted by molar-refractivity contribution is 6.00. The number of carbonyl (C=O) groups excluding carboxylic acids is 1. The van der Waals surface area contributed by atoms with Crippen molar-refractivity contribution in [2.75, 3.05) is 13.1 Å². The van der Waals surface area contributed by atoms with E-state index in [-0.39, 0.29) is 17.4 Å². The number of likely N-dealkylation sites (tertiary alicyclic amines) is 1. The van der Waals surface area contributed by atoms with Crippen LogP contribution < -0.4 is 0 Å². The number of hydrogen-bond donors (Lipinski definition) is 1.